The molecule has 2 nitrogen and oxygen atoms in total. The molecule has 4 aromatic rings. The topological polar surface area (TPSA) is 17.3 Å². The molecule has 0 N–H and O–H groups in total. The van der Waals surface area contributed by atoms with Crippen LogP contribution in [0.5, 0.6) is 0 Å². The highest BCUT2D eigenvalue weighted by Gasteiger charge is 2.10. The molecule has 0 aliphatic carbocycles. The summed E-state index contributed by atoms with van der Waals surface area (Å²) in [6, 6.07) is 12.3. The van der Waals surface area contributed by atoms with E-state index < -0.39 is 0 Å². The van der Waals surface area contributed by atoms with Gasteiger partial charge in [-0.2, -0.15) is 0 Å². The van der Waals surface area contributed by atoms with E-state index in [1.165, 1.54) is 12.1 Å². The Morgan fingerprint density at radius 1 is 1.10 bits per heavy atom. The van der Waals surface area contributed by atoms with Gasteiger partial charge in [0.25, 0.3) is 0 Å². The van der Waals surface area contributed by atoms with Crippen molar-refractivity contribution in [2.24, 2.45) is 0 Å². The Kier molecular flexibility index (Phi) is 2.55. The third-order valence-electron chi connectivity index (χ3n) is 3.20. The van der Waals surface area contributed by atoms with Crippen LogP contribution in [0, 0.1) is 5.82 Å². The highest BCUT2D eigenvalue weighted by Crippen LogP contribution is 2.30. The first-order valence-electron chi connectivity index (χ1n) is 6.04. The Bertz CT molecular complexity index is 924. The first-order valence-corrected chi connectivity index (χ1v) is 7.23. The minimum Gasteiger partial charge on any atom is -0.290 e. The van der Waals surface area contributed by atoms with E-state index in [0.29, 0.717) is 5.02 Å². The number of hydrogen-bond donors (Lipinski definition) is 0. The van der Waals surface area contributed by atoms with E-state index in [1.54, 1.807) is 17.4 Å². The maximum absolute atomic E-state index is 13.4. The summed E-state index contributed by atoms with van der Waals surface area (Å²) in [6.45, 7) is 0. The molecule has 0 saturated carbocycles. The molecule has 20 heavy (non-hydrogen) atoms. The number of rotatable bonds is 1. The summed E-state index contributed by atoms with van der Waals surface area (Å²) in [5.74, 6) is -0.237. The molecule has 0 unspecified atom stereocenters. The van der Waals surface area contributed by atoms with Gasteiger partial charge in [0.05, 0.1) is 15.9 Å². The minimum absolute atomic E-state index is 0.237. The summed E-state index contributed by atoms with van der Waals surface area (Å²) in [7, 11) is 0. The molecule has 2 aromatic heterocycles. The Hall–Kier alpha value is -1.91. The van der Waals surface area contributed by atoms with Crippen LogP contribution in [0.25, 0.3) is 26.4 Å². The first kappa shape index (κ1) is 11.9. The zero-order valence-corrected chi connectivity index (χ0v) is 11.7. The lowest BCUT2D eigenvalue weighted by molar-refractivity contribution is 0.629. The molecule has 0 bridgehead atoms. The van der Waals surface area contributed by atoms with Gasteiger partial charge in [-0.1, -0.05) is 35.1 Å². The number of halogens is 2. The molecule has 0 atom stereocenters. The normalized spacial score (nSPS) is 11.5. The summed E-state index contributed by atoms with van der Waals surface area (Å²) in [5.41, 5.74) is 2.70. The predicted molar refractivity (Wildman–Crippen MR) is 81.0 cm³/mol. The lowest BCUT2D eigenvalue weighted by atomic mass is 10.2. The highest BCUT2D eigenvalue weighted by atomic mass is 35.5. The molecule has 4 rings (SSSR count). The Balaban J connectivity index is 1.94. The lowest BCUT2D eigenvalue weighted by Crippen LogP contribution is -1.79. The van der Waals surface area contributed by atoms with Crippen LogP contribution in [-0.2, 0) is 0 Å². The van der Waals surface area contributed by atoms with Gasteiger partial charge in [0.15, 0.2) is 4.96 Å². The number of aromatic nitrogens is 2. The van der Waals surface area contributed by atoms with E-state index in [1.807, 2.05) is 34.9 Å². The summed E-state index contributed by atoms with van der Waals surface area (Å²) < 4.78 is 16.3. The molecular weight excluding hydrogens is 295 g/mol. The van der Waals surface area contributed by atoms with Crippen LogP contribution in [-0.4, -0.2) is 9.38 Å². The average Bonchev–Trinajstić information content (AvgIpc) is 2.98. The first-order chi connectivity index (χ1) is 9.70. The molecule has 0 aliphatic rings. The molecule has 98 valence electrons. The minimum atomic E-state index is -0.237. The van der Waals surface area contributed by atoms with E-state index in [4.69, 9.17) is 11.6 Å². The third-order valence-corrected chi connectivity index (χ3v) is 4.48. The molecule has 0 aliphatic heterocycles. The Labute approximate surface area is 123 Å². The maximum atomic E-state index is 13.4. The van der Waals surface area contributed by atoms with Gasteiger partial charge in [-0.15, -0.1) is 0 Å². The third kappa shape index (κ3) is 1.80. The van der Waals surface area contributed by atoms with Crippen LogP contribution < -0.4 is 0 Å². The second kappa shape index (κ2) is 4.30. The quantitative estimate of drug-likeness (QED) is 0.483. The van der Waals surface area contributed by atoms with Crippen molar-refractivity contribution in [2.75, 3.05) is 0 Å². The molecule has 0 fully saturated rings. The van der Waals surface area contributed by atoms with Crippen molar-refractivity contribution in [3.8, 4) is 11.3 Å². The van der Waals surface area contributed by atoms with Crippen molar-refractivity contribution in [1.29, 1.82) is 0 Å². The van der Waals surface area contributed by atoms with Crippen LogP contribution >= 0.6 is 22.9 Å². The predicted octanol–water partition coefficient (Wildman–Crippen LogP) is 5.01. The fourth-order valence-corrected chi connectivity index (χ4v) is 3.35. The van der Waals surface area contributed by atoms with Gasteiger partial charge in [-0.3, -0.25) is 4.40 Å². The standard InChI is InChI=1S/C15H8ClFN2S/c16-10-3-1-9(2-4-10)12-8-19-13-7-11(17)5-6-14(13)20-15(19)18-12/h1-8H. The zero-order valence-electron chi connectivity index (χ0n) is 10.2. The monoisotopic (exact) mass is 302 g/mol. The smallest absolute Gasteiger partial charge is 0.195 e. The summed E-state index contributed by atoms with van der Waals surface area (Å²) in [6.07, 6.45) is 1.93. The fraction of sp³-hybridized carbons (Fsp3) is 0. The molecule has 0 radical (unpaired) electrons. The van der Waals surface area contributed by atoms with Crippen molar-refractivity contribution < 1.29 is 4.39 Å². The van der Waals surface area contributed by atoms with Crippen LogP contribution in [0.1, 0.15) is 0 Å². The van der Waals surface area contributed by atoms with Crippen LogP contribution in [0.15, 0.2) is 48.7 Å². The van der Waals surface area contributed by atoms with Gasteiger partial charge in [0, 0.05) is 16.8 Å². The molecule has 0 spiro atoms. The van der Waals surface area contributed by atoms with Gasteiger partial charge < -0.3 is 0 Å². The Morgan fingerprint density at radius 3 is 2.70 bits per heavy atom. The highest BCUT2D eigenvalue weighted by molar-refractivity contribution is 7.23. The van der Waals surface area contributed by atoms with E-state index in [2.05, 4.69) is 4.98 Å². The van der Waals surface area contributed by atoms with Crippen molar-refractivity contribution in [1.82, 2.24) is 9.38 Å². The van der Waals surface area contributed by atoms with Crippen molar-refractivity contribution in [3.05, 3.63) is 59.5 Å². The number of fused-ring (bicyclic) bond motifs is 3. The average molecular weight is 303 g/mol. The number of nitrogens with zero attached hydrogens (tertiary/aromatic N) is 2. The van der Waals surface area contributed by atoms with E-state index in [-0.39, 0.29) is 5.82 Å². The summed E-state index contributed by atoms with van der Waals surface area (Å²) >= 11 is 7.44. The molecular formula is C15H8ClFN2S. The molecule has 2 aromatic carbocycles. The molecule has 0 amide bonds. The number of imidazole rings is 1. The SMILES string of the molecule is Fc1ccc2sc3nc(-c4ccc(Cl)cc4)cn3c2c1. The van der Waals surface area contributed by atoms with E-state index in [9.17, 15) is 4.39 Å². The Morgan fingerprint density at radius 2 is 1.90 bits per heavy atom. The van der Waals surface area contributed by atoms with Crippen LogP contribution in [0.3, 0.4) is 0 Å². The summed E-state index contributed by atoms with van der Waals surface area (Å²) in [5, 5.41) is 0.697. The maximum Gasteiger partial charge on any atom is 0.195 e. The largest absolute Gasteiger partial charge is 0.290 e. The fourth-order valence-electron chi connectivity index (χ4n) is 2.23. The summed E-state index contributed by atoms with van der Waals surface area (Å²) in [4.78, 5) is 5.45. The van der Waals surface area contributed by atoms with Crippen LogP contribution in [0.2, 0.25) is 5.02 Å². The molecule has 0 saturated heterocycles. The number of hydrogen-bond acceptors (Lipinski definition) is 2. The van der Waals surface area contributed by atoms with Gasteiger partial charge in [0.2, 0.25) is 0 Å². The van der Waals surface area contributed by atoms with E-state index >= 15 is 0 Å². The van der Waals surface area contributed by atoms with Crippen molar-refractivity contribution in [2.45, 2.75) is 0 Å². The van der Waals surface area contributed by atoms with Gasteiger partial charge in [-0.25, -0.2) is 9.37 Å². The molecule has 2 heterocycles. The van der Waals surface area contributed by atoms with Gasteiger partial charge >= 0.3 is 0 Å². The van der Waals surface area contributed by atoms with E-state index in [0.717, 1.165) is 26.4 Å². The van der Waals surface area contributed by atoms with Gasteiger partial charge in [-0.05, 0) is 30.3 Å². The zero-order chi connectivity index (χ0) is 13.7. The van der Waals surface area contributed by atoms with Crippen LogP contribution in [0.4, 0.5) is 4.39 Å². The second-order valence-electron chi connectivity index (χ2n) is 4.50. The number of benzene rings is 2. The van der Waals surface area contributed by atoms with Gasteiger partial charge in [0.1, 0.15) is 5.82 Å². The van der Waals surface area contributed by atoms with Crippen molar-refractivity contribution in [3.63, 3.8) is 0 Å². The molecule has 5 heteroatoms. The van der Waals surface area contributed by atoms with Crippen molar-refractivity contribution >= 4 is 38.1 Å². The second-order valence-corrected chi connectivity index (χ2v) is 5.95. The number of thiazole rings is 1. The lowest BCUT2D eigenvalue weighted by Gasteiger charge is -1.96.